The normalized spacial score (nSPS) is 12.0. The van der Waals surface area contributed by atoms with Gasteiger partial charge in [-0.3, -0.25) is 4.57 Å². The summed E-state index contributed by atoms with van der Waals surface area (Å²) in [5.41, 5.74) is 13.8. The van der Waals surface area contributed by atoms with Crippen LogP contribution in [0.25, 0.3) is 59.4 Å². The van der Waals surface area contributed by atoms with E-state index in [2.05, 4.69) is 144 Å². The van der Waals surface area contributed by atoms with Crippen molar-refractivity contribution >= 4 is 42.5 Å². The van der Waals surface area contributed by atoms with Crippen LogP contribution < -0.4 is 0 Å². The standard InChI is InChI=1S/C40H38N2S/c1-23(2)31-21-29(28-13-9-8-10-14-28)22-32(24(3)4)38(31)42-34-16-12-11-15-33(34)41-40(42)30-18-17-26(6)37-36-27(7)19-25(5)20-35(36)43-39(30)37/h8-24H,1-7H3. The highest BCUT2D eigenvalue weighted by Gasteiger charge is 2.25. The van der Waals surface area contributed by atoms with Crippen molar-refractivity contribution in [1.82, 2.24) is 9.55 Å². The SMILES string of the molecule is Cc1cc(C)c2c(c1)sc1c(-c3nc4ccccc4n3-c3c(C(C)C)cc(-c4ccccc4)cc3C(C)C)ccc(C)c12. The molecule has 2 heterocycles. The molecule has 0 unspecified atom stereocenters. The Bertz CT molecular complexity index is 2130. The highest BCUT2D eigenvalue weighted by atomic mass is 32.1. The fourth-order valence-corrected chi connectivity index (χ4v) is 8.23. The molecule has 0 bridgehead atoms. The van der Waals surface area contributed by atoms with Crippen LogP contribution in [0.15, 0.2) is 91.0 Å². The maximum absolute atomic E-state index is 5.40. The lowest BCUT2D eigenvalue weighted by atomic mass is 9.88. The molecule has 5 aromatic carbocycles. The maximum atomic E-state index is 5.40. The van der Waals surface area contributed by atoms with Crippen molar-refractivity contribution in [2.24, 2.45) is 0 Å². The molecule has 214 valence electrons. The molecule has 7 aromatic rings. The fourth-order valence-electron chi connectivity index (χ4n) is 6.76. The summed E-state index contributed by atoms with van der Waals surface area (Å²) in [6, 6.07) is 33.5. The van der Waals surface area contributed by atoms with Crippen molar-refractivity contribution in [3.63, 3.8) is 0 Å². The Kier molecular flexibility index (Phi) is 6.74. The molecule has 0 fully saturated rings. The van der Waals surface area contributed by atoms with Gasteiger partial charge in [-0.1, -0.05) is 82.3 Å². The third kappa shape index (κ3) is 4.49. The summed E-state index contributed by atoms with van der Waals surface area (Å²) >= 11 is 1.91. The highest BCUT2D eigenvalue weighted by Crippen LogP contribution is 2.45. The molecule has 7 rings (SSSR count). The lowest BCUT2D eigenvalue weighted by molar-refractivity contribution is 0.812. The van der Waals surface area contributed by atoms with E-state index in [9.17, 15) is 0 Å². The third-order valence-electron chi connectivity index (χ3n) is 8.82. The van der Waals surface area contributed by atoms with Gasteiger partial charge in [0.2, 0.25) is 0 Å². The molecule has 0 spiro atoms. The second kappa shape index (κ2) is 10.5. The van der Waals surface area contributed by atoms with Crippen LogP contribution in [-0.2, 0) is 0 Å². The Labute approximate surface area is 258 Å². The summed E-state index contributed by atoms with van der Waals surface area (Å²) in [4.78, 5) is 5.40. The highest BCUT2D eigenvalue weighted by molar-refractivity contribution is 7.26. The molecule has 0 aliphatic carbocycles. The smallest absolute Gasteiger partial charge is 0.147 e. The molecule has 2 nitrogen and oxygen atoms in total. The number of aryl methyl sites for hydroxylation is 3. The van der Waals surface area contributed by atoms with Crippen LogP contribution in [0.2, 0.25) is 0 Å². The van der Waals surface area contributed by atoms with Crippen LogP contribution in [0.5, 0.6) is 0 Å². The number of aromatic nitrogens is 2. The molecule has 3 heteroatoms. The van der Waals surface area contributed by atoms with E-state index in [-0.39, 0.29) is 0 Å². The number of thiophene rings is 1. The van der Waals surface area contributed by atoms with E-state index in [1.807, 2.05) is 11.3 Å². The Morgan fingerprint density at radius 1 is 0.651 bits per heavy atom. The first-order chi connectivity index (χ1) is 20.7. The van der Waals surface area contributed by atoms with Gasteiger partial charge in [0.1, 0.15) is 5.82 Å². The summed E-state index contributed by atoms with van der Waals surface area (Å²) in [5.74, 6) is 1.68. The molecule has 43 heavy (non-hydrogen) atoms. The van der Waals surface area contributed by atoms with Gasteiger partial charge >= 0.3 is 0 Å². The summed E-state index contributed by atoms with van der Waals surface area (Å²) in [5, 5.41) is 2.74. The molecule has 0 radical (unpaired) electrons. The first kappa shape index (κ1) is 27.6. The van der Waals surface area contributed by atoms with Crippen LogP contribution in [0.4, 0.5) is 0 Å². The second-order valence-corrected chi connectivity index (χ2v) is 13.7. The van der Waals surface area contributed by atoms with Crippen molar-refractivity contribution in [3.05, 3.63) is 119 Å². The number of hydrogen-bond donors (Lipinski definition) is 0. The minimum absolute atomic E-state index is 0.332. The molecule has 0 amide bonds. The first-order valence-electron chi connectivity index (χ1n) is 15.4. The number of rotatable bonds is 5. The zero-order valence-corrected chi connectivity index (χ0v) is 26.9. The number of fused-ring (bicyclic) bond motifs is 4. The van der Waals surface area contributed by atoms with Gasteiger partial charge in [0.25, 0.3) is 0 Å². The molecule has 2 aromatic heterocycles. The van der Waals surface area contributed by atoms with Gasteiger partial charge in [-0.25, -0.2) is 4.98 Å². The van der Waals surface area contributed by atoms with Gasteiger partial charge in [-0.15, -0.1) is 11.3 Å². The van der Waals surface area contributed by atoms with E-state index in [0.717, 1.165) is 16.9 Å². The number of imidazole rings is 1. The van der Waals surface area contributed by atoms with Crippen molar-refractivity contribution in [2.45, 2.75) is 60.3 Å². The van der Waals surface area contributed by atoms with Gasteiger partial charge in [-0.05, 0) is 108 Å². The zero-order valence-electron chi connectivity index (χ0n) is 26.1. The summed E-state index contributed by atoms with van der Waals surface area (Å²) < 4.78 is 5.14. The predicted molar refractivity (Wildman–Crippen MR) is 187 cm³/mol. The minimum atomic E-state index is 0.332. The average Bonchev–Trinajstić information content (AvgIpc) is 3.56. The van der Waals surface area contributed by atoms with Crippen molar-refractivity contribution in [3.8, 4) is 28.2 Å². The van der Waals surface area contributed by atoms with E-state index in [1.54, 1.807) is 0 Å². The van der Waals surface area contributed by atoms with E-state index < -0.39 is 0 Å². The van der Waals surface area contributed by atoms with Crippen LogP contribution >= 0.6 is 11.3 Å². The molecule has 0 saturated heterocycles. The molecule has 0 saturated carbocycles. The fraction of sp³-hybridized carbons (Fsp3) is 0.225. The molecule has 0 atom stereocenters. The van der Waals surface area contributed by atoms with Gasteiger partial charge in [0.05, 0.1) is 16.7 Å². The van der Waals surface area contributed by atoms with Crippen LogP contribution in [-0.4, -0.2) is 9.55 Å². The summed E-state index contributed by atoms with van der Waals surface area (Å²) in [7, 11) is 0. The van der Waals surface area contributed by atoms with E-state index in [4.69, 9.17) is 4.98 Å². The Morgan fingerprint density at radius 3 is 2.02 bits per heavy atom. The quantitative estimate of drug-likeness (QED) is 0.199. The summed E-state index contributed by atoms with van der Waals surface area (Å²) in [6.45, 7) is 16.0. The molecule has 0 aliphatic heterocycles. The third-order valence-corrected chi connectivity index (χ3v) is 9.99. The topological polar surface area (TPSA) is 17.8 Å². The first-order valence-corrected chi connectivity index (χ1v) is 16.2. The Hall–Kier alpha value is -4.21. The summed E-state index contributed by atoms with van der Waals surface area (Å²) in [6.07, 6.45) is 0. The van der Waals surface area contributed by atoms with Crippen LogP contribution in [0.3, 0.4) is 0 Å². The molecular weight excluding hydrogens is 541 g/mol. The zero-order chi connectivity index (χ0) is 30.0. The van der Waals surface area contributed by atoms with E-state index in [1.165, 1.54) is 70.4 Å². The van der Waals surface area contributed by atoms with Crippen molar-refractivity contribution in [2.75, 3.05) is 0 Å². The molecular formula is C40H38N2S. The molecule has 0 aliphatic rings. The number of para-hydroxylation sites is 2. The number of nitrogens with zero attached hydrogens (tertiary/aromatic N) is 2. The van der Waals surface area contributed by atoms with Crippen molar-refractivity contribution in [1.29, 1.82) is 0 Å². The molecule has 0 N–H and O–H groups in total. The van der Waals surface area contributed by atoms with Crippen LogP contribution in [0, 0.1) is 20.8 Å². The van der Waals surface area contributed by atoms with Gasteiger partial charge < -0.3 is 0 Å². The Balaban J connectivity index is 1.61. The number of hydrogen-bond acceptors (Lipinski definition) is 2. The van der Waals surface area contributed by atoms with Gasteiger partial charge in [0.15, 0.2) is 0 Å². The van der Waals surface area contributed by atoms with E-state index in [0.29, 0.717) is 11.8 Å². The monoisotopic (exact) mass is 578 g/mol. The number of benzene rings is 5. The lowest BCUT2D eigenvalue weighted by Gasteiger charge is -2.24. The Morgan fingerprint density at radius 2 is 1.33 bits per heavy atom. The van der Waals surface area contributed by atoms with Gasteiger partial charge in [-0.2, -0.15) is 0 Å². The minimum Gasteiger partial charge on any atom is -0.292 e. The predicted octanol–water partition coefficient (Wildman–Crippen LogP) is 11.9. The van der Waals surface area contributed by atoms with E-state index >= 15 is 0 Å². The van der Waals surface area contributed by atoms with Crippen molar-refractivity contribution < 1.29 is 0 Å². The average molecular weight is 579 g/mol. The van der Waals surface area contributed by atoms with Crippen LogP contribution in [0.1, 0.15) is 67.3 Å². The largest absolute Gasteiger partial charge is 0.292 e. The lowest BCUT2D eigenvalue weighted by Crippen LogP contribution is -2.09. The second-order valence-electron chi connectivity index (χ2n) is 12.6. The van der Waals surface area contributed by atoms with Gasteiger partial charge in [0, 0.05) is 25.7 Å². The maximum Gasteiger partial charge on any atom is 0.147 e.